The average molecular weight is 357 g/mol. The third kappa shape index (κ3) is 3.71. The highest BCUT2D eigenvalue weighted by molar-refractivity contribution is 6.30. The smallest absolute Gasteiger partial charge is 0.246 e. The van der Waals surface area contributed by atoms with Gasteiger partial charge < -0.3 is 9.26 Å². The molecule has 3 aromatic rings. The molecular formula is C18H17ClN4O2. The molecule has 1 saturated heterocycles. The van der Waals surface area contributed by atoms with E-state index in [1.54, 1.807) is 6.20 Å². The van der Waals surface area contributed by atoms with Gasteiger partial charge in [-0.1, -0.05) is 35.0 Å². The van der Waals surface area contributed by atoms with Gasteiger partial charge in [0.25, 0.3) is 0 Å². The number of hydrogen-bond donors (Lipinski definition) is 0. The number of ether oxygens (including phenoxy) is 1. The van der Waals surface area contributed by atoms with Gasteiger partial charge in [0.1, 0.15) is 6.04 Å². The van der Waals surface area contributed by atoms with Crippen molar-refractivity contribution in [1.82, 2.24) is 20.0 Å². The van der Waals surface area contributed by atoms with E-state index in [0.29, 0.717) is 36.5 Å². The standard InChI is InChI=1S/C18H17ClN4O2/c19-14-5-3-4-13(10-14)17-21-18(25-22-17)16-12-24-9-8-23(16)11-15-6-1-2-7-20-15/h1-7,10,16H,8-9,11-12H2. The van der Waals surface area contributed by atoms with E-state index in [0.717, 1.165) is 17.8 Å². The number of nitrogens with zero attached hydrogens (tertiary/aromatic N) is 4. The lowest BCUT2D eigenvalue weighted by molar-refractivity contribution is -0.0246. The second kappa shape index (κ2) is 7.31. The highest BCUT2D eigenvalue weighted by atomic mass is 35.5. The number of rotatable bonds is 4. The molecule has 0 spiro atoms. The quantitative estimate of drug-likeness (QED) is 0.714. The molecule has 0 N–H and O–H groups in total. The summed E-state index contributed by atoms with van der Waals surface area (Å²) < 4.78 is 11.1. The van der Waals surface area contributed by atoms with Gasteiger partial charge in [0.15, 0.2) is 0 Å². The summed E-state index contributed by atoms with van der Waals surface area (Å²) in [5, 5.41) is 4.74. The number of aromatic nitrogens is 3. The van der Waals surface area contributed by atoms with Gasteiger partial charge in [0.2, 0.25) is 11.7 Å². The van der Waals surface area contributed by atoms with Crippen molar-refractivity contribution < 1.29 is 9.26 Å². The van der Waals surface area contributed by atoms with Crippen molar-refractivity contribution in [3.05, 3.63) is 65.3 Å². The molecule has 1 fully saturated rings. The molecule has 4 rings (SSSR count). The Morgan fingerprint density at radius 1 is 1.20 bits per heavy atom. The van der Waals surface area contributed by atoms with Gasteiger partial charge in [0, 0.05) is 29.9 Å². The van der Waals surface area contributed by atoms with Crippen LogP contribution in [0.3, 0.4) is 0 Å². The molecule has 0 radical (unpaired) electrons. The predicted octanol–water partition coefficient (Wildman–Crippen LogP) is 3.36. The minimum absolute atomic E-state index is 0.0869. The fourth-order valence-corrected chi connectivity index (χ4v) is 3.06. The summed E-state index contributed by atoms with van der Waals surface area (Å²) in [6.45, 7) is 2.70. The Morgan fingerprint density at radius 3 is 3.00 bits per heavy atom. The fourth-order valence-electron chi connectivity index (χ4n) is 2.87. The first-order valence-electron chi connectivity index (χ1n) is 8.11. The van der Waals surface area contributed by atoms with Crippen LogP contribution in [0.1, 0.15) is 17.6 Å². The Kier molecular flexibility index (Phi) is 4.74. The van der Waals surface area contributed by atoms with E-state index in [2.05, 4.69) is 20.0 Å². The van der Waals surface area contributed by atoms with Crippen LogP contribution in [-0.4, -0.2) is 39.8 Å². The zero-order chi connectivity index (χ0) is 17.1. The molecule has 3 heterocycles. The zero-order valence-corrected chi connectivity index (χ0v) is 14.3. The Hall–Kier alpha value is -2.28. The molecule has 0 saturated carbocycles. The lowest BCUT2D eigenvalue weighted by Crippen LogP contribution is -2.39. The first kappa shape index (κ1) is 16.2. The molecule has 25 heavy (non-hydrogen) atoms. The van der Waals surface area contributed by atoms with E-state index < -0.39 is 0 Å². The third-order valence-corrected chi connectivity index (χ3v) is 4.38. The molecule has 1 aliphatic heterocycles. The Balaban J connectivity index is 1.57. The molecule has 0 aliphatic carbocycles. The zero-order valence-electron chi connectivity index (χ0n) is 13.5. The van der Waals surface area contributed by atoms with Gasteiger partial charge >= 0.3 is 0 Å². The lowest BCUT2D eigenvalue weighted by Gasteiger charge is -2.32. The fraction of sp³-hybridized carbons (Fsp3) is 0.278. The monoisotopic (exact) mass is 356 g/mol. The molecule has 2 aromatic heterocycles. The van der Waals surface area contributed by atoms with Gasteiger partial charge in [-0.15, -0.1) is 0 Å². The summed E-state index contributed by atoms with van der Waals surface area (Å²) in [5.41, 5.74) is 1.83. The number of pyridine rings is 1. The van der Waals surface area contributed by atoms with Crippen molar-refractivity contribution in [2.75, 3.05) is 19.8 Å². The van der Waals surface area contributed by atoms with E-state index in [1.165, 1.54) is 0 Å². The normalized spacial score (nSPS) is 18.4. The van der Waals surface area contributed by atoms with Crippen molar-refractivity contribution in [3.8, 4) is 11.4 Å². The summed E-state index contributed by atoms with van der Waals surface area (Å²) in [6.07, 6.45) is 1.80. The Morgan fingerprint density at radius 2 is 2.16 bits per heavy atom. The SMILES string of the molecule is Clc1cccc(-c2noc(C3COCCN3Cc3ccccn3)n2)c1. The van der Waals surface area contributed by atoms with Crippen molar-refractivity contribution in [2.45, 2.75) is 12.6 Å². The van der Waals surface area contributed by atoms with Gasteiger partial charge in [-0.2, -0.15) is 4.98 Å². The molecule has 0 amide bonds. The van der Waals surface area contributed by atoms with Crippen molar-refractivity contribution in [2.24, 2.45) is 0 Å². The average Bonchev–Trinajstić information content (AvgIpc) is 3.13. The Bertz CT molecular complexity index is 840. The summed E-state index contributed by atoms with van der Waals surface area (Å²) in [5.74, 6) is 1.08. The van der Waals surface area contributed by atoms with Crippen LogP contribution in [0.4, 0.5) is 0 Å². The Labute approximate surface area is 150 Å². The van der Waals surface area contributed by atoms with Crippen LogP contribution >= 0.6 is 11.6 Å². The number of hydrogen-bond acceptors (Lipinski definition) is 6. The number of halogens is 1. The first-order chi connectivity index (χ1) is 12.3. The first-order valence-corrected chi connectivity index (χ1v) is 8.48. The summed E-state index contributed by atoms with van der Waals surface area (Å²) >= 11 is 6.04. The van der Waals surface area contributed by atoms with Crippen molar-refractivity contribution in [1.29, 1.82) is 0 Å². The van der Waals surface area contributed by atoms with Crippen LogP contribution in [0.15, 0.2) is 53.2 Å². The maximum Gasteiger partial charge on any atom is 0.246 e. The minimum Gasteiger partial charge on any atom is -0.378 e. The number of morpholine rings is 1. The van der Waals surface area contributed by atoms with Crippen LogP contribution in [-0.2, 0) is 11.3 Å². The molecular weight excluding hydrogens is 340 g/mol. The highest BCUT2D eigenvalue weighted by Crippen LogP contribution is 2.27. The van der Waals surface area contributed by atoms with Crippen LogP contribution in [0.2, 0.25) is 5.02 Å². The van der Waals surface area contributed by atoms with E-state index in [9.17, 15) is 0 Å². The molecule has 1 unspecified atom stereocenters. The van der Waals surface area contributed by atoms with E-state index in [-0.39, 0.29) is 6.04 Å². The van der Waals surface area contributed by atoms with Crippen LogP contribution in [0, 0.1) is 0 Å². The maximum absolute atomic E-state index is 6.04. The highest BCUT2D eigenvalue weighted by Gasteiger charge is 2.30. The minimum atomic E-state index is -0.0869. The molecule has 1 aromatic carbocycles. The molecule has 6 nitrogen and oxygen atoms in total. The van der Waals surface area contributed by atoms with Gasteiger partial charge in [-0.05, 0) is 24.3 Å². The van der Waals surface area contributed by atoms with Crippen molar-refractivity contribution in [3.63, 3.8) is 0 Å². The predicted molar refractivity (Wildman–Crippen MR) is 93.0 cm³/mol. The van der Waals surface area contributed by atoms with E-state index in [4.69, 9.17) is 20.9 Å². The van der Waals surface area contributed by atoms with E-state index >= 15 is 0 Å². The molecule has 1 atom stereocenters. The van der Waals surface area contributed by atoms with Gasteiger partial charge in [-0.3, -0.25) is 9.88 Å². The molecule has 128 valence electrons. The largest absolute Gasteiger partial charge is 0.378 e. The molecule has 7 heteroatoms. The molecule has 0 bridgehead atoms. The van der Waals surface area contributed by atoms with Crippen molar-refractivity contribution >= 4 is 11.6 Å². The second-order valence-corrected chi connectivity index (χ2v) is 6.29. The second-order valence-electron chi connectivity index (χ2n) is 5.85. The third-order valence-electron chi connectivity index (χ3n) is 4.14. The molecule has 1 aliphatic rings. The van der Waals surface area contributed by atoms with Crippen LogP contribution in [0.5, 0.6) is 0 Å². The van der Waals surface area contributed by atoms with Gasteiger partial charge in [0.05, 0.1) is 18.9 Å². The topological polar surface area (TPSA) is 64.3 Å². The summed E-state index contributed by atoms with van der Waals surface area (Å²) in [6, 6.07) is 13.2. The maximum atomic E-state index is 6.04. The van der Waals surface area contributed by atoms with Gasteiger partial charge in [-0.25, -0.2) is 0 Å². The van der Waals surface area contributed by atoms with Crippen LogP contribution < -0.4 is 0 Å². The lowest BCUT2D eigenvalue weighted by atomic mass is 10.2. The van der Waals surface area contributed by atoms with Crippen LogP contribution in [0.25, 0.3) is 11.4 Å². The van der Waals surface area contributed by atoms with E-state index in [1.807, 2.05) is 42.5 Å². The number of benzene rings is 1. The summed E-state index contributed by atoms with van der Waals surface area (Å²) in [7, 11) is 0. The summed E-state index contributed by atoms with van der Waals surface area (Å²) in [4.78, 5) is 11.2.